The van der Waals surface area contributed by atoms with E-state index in [0.717, 1.165) is 22.7 Å². The summed E-state index contributed by atoms with van der Waals surface area (Å²) in [6.07, 6.45) is 5.35. The molecule has 5 nitrogen and oxygen atoms in total. The minimum Gasteiger partial charge on any atom is -0.315 e. The molecule has 26 heavy (non-hydrogen) atoms. The number of rotatable bonds is 4. The maximum atomic E-state index is 13.3. The van der Waals surface area contributed by atoms with Gasteiger partial charge in [0.1, 0.15) is 5.82 Å². The van der Waals surface area contributed by atoms with Crippen molar-refractivity contribution in [2.45, 2.75) is 4.90 Å². The molecule has 0 spiro atoms. The second kappa shape index (κ2) is 6.27. The normalized spacial score (nSPS) is 11.6. The van der Waals surface area contributed by atoms with Gasteiger partial charge in [0.2, 0.25) is 0 Å². The molecule has 0 unspecified atom stereocenters. The highest BCUT2D eigenvalue weighted by molar-refractivity contribution is 7.92. The van der Waals surface area contributed by atoms with Gasteiger partial charge in [-0.1, -0.05) is 6.07 Å². The van der Waals surface area contributed by atoms with Gasteiger partial charge in [0.25, 0.3) is 10.0 Å². The molecule has 0 aliphatic heterocycles. The van der Waals surface area contributed by atoms with Gasteiger partial charge in [0, 0.05) is 23.5 Å². The molecule has 0 saturated heterocycles. The van der Waals surface area contributed by atoms with Crippen molar-refractivity contribution in [3.8, 4) is 5.69 Å². The Kier molecular flexibility index (Phi) is 3.93. The zero-order valence-electron chi connectivity index (χ0n) is 13.5. The fraction of sp³-hybridized carbons (Fsp3) is 0. The van der Waals surface area contributed by atoms with Crippen molar-refractivity contribution in [3.05, 3.63) is 85.1 Å². The van der Waals surface area contributed by atoms with Crippen LogP contribution in [-0.4, -0.2) is 18.0 Å². The Bertz CT molecular complexity index is 1190. The average Bonchev–Trinajstić information content (AvgIpc) is 3.05. The van der Waals surface area contributed by atoms with Crippen LogP contribution in [0.4, 0.5) is 10.1 Å². The zero-order valence-corrected chi connectivity index (χ0v) is 14.3. The molecule has 0 radical (unpaired) electrons. The van der Waals surface area contributed by atoms with Gasteiger partial charge < -0.3 is 4.57 Å². The topological polar surface area (TPSA) is 64.0 Å². The lowest BCUT2D eigenvalue weighted by atomic mass is 10.2. The van der Waals surface area contributed by atoms with E-state index in [1.165, 1.54) is 18.2 Å². The first-order valence-corrected chi connectivity index (χ1v) is 9.31. The van der Waals surface area contributed by atoms with Crippen molar-refractivity contribution >= 4 is 26.6 Å². The van der Waals surface area contributed by atoms with Crippen LogP contribution in [0.1, 0.15) is 0 Å². The van der Waals surface area contributed by atoms with Crippen LogP contribution in [-0.2, 0) is 10.0 Å². The molecule has 2 aromatic carbocycles. The van der Waals surface area contributed by atoms with Gasteiger partial charge in [-0.25, -0.2) is 12.8 Å². The summed E-state index contributed by atoms with van der Waals surface area (Å²) in [5, 5.41) is 0.869. The number of sulfonamides is 1. The lowest BCUT2D eigenvalue weighted by Crippen LogP contribution is -2.13. The first kappa shape index (κ1) is 16.3. The van der Waals surface area contributed by atoms with E-state index in [-0.39, 0.29) is 4.90 Å². The second-order valence-electron chi connectivity index (χ2n) is 5.73. The monoisotopic (exact) mass is 367 g/mol. The summed E-state index contributed by atoms with van der Waals surface area (Å²) in [6.45, 7) is 0. The van der Waals surface area contributed by atoms with E-state index < -0.39 is 15.8 Å². The Labute approximate surface area is 149 Å². The lowest BCUT2D eigenvalue weighted by Gasteiger charge is -2.09. The quantitative estimate of drug-likeness (QED) is 0.594. The SMILES string of the molecule is O=S(=O)(Nc1ccc2c(ccn2-c2cccnc2)c1)c1cccc(F)c1. The molecule has 0 bridgehead atoms. The van der Waals surface area contributed by atoms with Crippen LogP contribution in [0, 0.1) is 5.82 Å². The Balaban J connectivity index is 1.69. The van der Waals surface area contributed by atoms with Gasteiger partial charge in [-0.3, -0.25) is 9.71 Å². The molecule has 2 heterocycles. The number of benzene rings is 2. The number of hydrogen-bond acceptors (Lipinski definition) is 3. The maximum Gasteiger partial charge on any atom is 0.261 e. The second-order valence-corrected chi connectivity index (χ2v) is 7.42. The van der Waals surface area contributed by atoms with Crippen molar-refractivity contribution in [1.29, 1.82) is 0 Å². The Morgan fingerprint density at radius 3 is 2.65 bits per heavy atom. The molecule has 0 fully saturated rings. The minimum atomic E-state index is -3.86. The molecule has 0 saturated carbocycles. The highest BCUT2D eigenvalue weighted by Crippen LogP contribution is 2.25. The fourth-order valence-corrected chi connectivity index (χ4v) is 3.86. The van der Waals surface area contributed by atoms with E-state index in [2.05, 4.69) is 9.71 Å². The standard InChI is InChI=1S/C19H14FN3O2S/c20-15-3-1-5-18(12-15)26(24,25)22-16-6-7-19-14(11-16)8-10-23(19)17-4-2-9-21-13-17/h1-13,22H. The largest absolute Gasteiger partial charge is 0.315 e. The van der Waals surface area contributed by atoms with Crippen LogP contribution in [0.25, 0.3) is 16.6 Å². The number of pyridine rings is 1. The number of halogens is 1. The van der Waals surface area contributed by atoms with Crippen LogP contribution in [0.15, 0.2) is 84.1 Å². The number of nitrogens with one attached hydrogen (secondary N) is 1. The van der Waals surface area contributed by atoms with E-state index in [1.807, 2.05) is 35.0 Å². The number of nitrogens with zero attached hydrogens (tertiary/aromatic N) is 2. The molecule has 0 aliphatic carbocycles. The summed E-state index contributed by atoms with van der Waals surface area (Å²) < 4.78 is 42.6. The third-order valence-electron chi connectivity index (χ3n) is 3.97. The van der Waals surface area contributed by atoms with E-state index in [9.17, 15) is 12.8 Å². The van der Waals surface area contributed by atoms with Crippen molar-refractivity contribution in [2.75, 3.05) is 4.72 Å². The first-order valence-electron chi connectivity index (χ1n) is 7.83. The maximum absolute atomic E-state index is 13.3. The van der Waals surface area contributed by atoms with E-state index in [4.69, 9.17) is 0 Å². The third kappa shape index (κ3) is 3.04. The van der Waals surface area contributed by atoms with Gasteiger partial charge in [-0.15, -0.1) is 0 Å². The molecule has 130 valence electrons. The predicted octanol–water partition coefficient (Wildman–Crippen LogP) is 3.97. The summed E-state index contributed by atoms with van der Waals surface area (Å²) >= 11 is 0. The summed E-state index contributed by atoms with van der Waals surface area (Å²) in [4.78, 5) is 3.99. The molecule has 0 aliphatic rings. The minimum absolute atomic E-state index is 0.120. The van der Waals surface area contributed by atoms with Gasteiger partial charge in [-0.2, -0.15) is 0 Å². The van der Waals surface area contributed by atoms with Crippen molar-refractivity contribution in [1.82, 2.24) is 9.55 Å². The molecule has 4 aromatic rings. The summed E-state index contributed by atoms with van der Waals surface area (Å²) in [5.74, 6) is -0.600. The Morgan fingerprint density at radius 1 is 1.00 bits per heavy atom. The Hall–Kier alpha value is -3.19. The highest BCUT2D eigenvalue weighted by Gasteiger charge is 2.15. The summed E-state index contributed by atoms with van der Waals surface area (Å²) in [5.41, 5.74) is 2.24. The first-order chi connectivity index (χ1) is 12.5. The van der Waals surface area contributed by atoms with Gasteiger partial charge in [0.05, 0.1) is 22.3 Å². The summed E-state index contributed by atoms with van der Waals surface area (Å²) in [6, 6.07) is 15.8. The highest BCUT2D eigenvalue weighted by atomic mass is 32.2. The lowest BCUT2D eigenvalue weighted by molar-refractivity contribution is 0.595. The molecule has 0 atom stereocenters. The van der Waals surface area contributed by atoms with Crippen LogP contribution >= 0.6 is 0 Å². The van der Waals surface area contributed by atoms with Crippen molar-refractivity contribution in [3.63, 3.8) is 0 Å². The average molecular weight is 367 g/mol. The predicted molar refractivity (Wildman–Crippen MR) is 98.3 cm³/mol. The fourth-order valence-electron chi connectivity index (χ4n) is 2.78. The molecular formula is C19H14FN3O2S. The molecule has 1 N–H and O–H groups in total. The third-order valence-corrected chi connectivity index (χ3v) is 5.35. The van der Waals surface area contributed by atoms with Gasteiger partial charge in [-0.05, 0) is 54.6 Å². The van der Waals surface area contributed by atoms with Crippen molar-refractivity contribution < 1.29 is 12.8 Å². The van der Waals surface area contributed by atoms with E-state index >= 15 is 0 Å². The summed E-state index contributed by atoms with van der Waals surface area (Å²) in [7, 11) is -3.86. The van der Waals surface area contributed by atoms with Crippen LogP contribution in [0.3, 0.4) is 0 Å². The Morgan fingerprint density at radius 2 is 1.88 bits per heavy atom. The number of aromatic nitrogens is 2. The number of anilines is 1. The molecule has 4 rings (SSSR count). The van der Waals surface area contributed by atoms with Gasteiger partial charge >= 0.3 is 0 Å². The van der Waals surface area contributed by atoms with Gasteiger partial charge in [0.15, 0.2) is 0 Å². The molecular weight excluding hydrogens is 353 g/mol. The molecule has 2 aromatic heterocycles. The van der Waals surface area contributed by atoms with E-state index in [0.29, 0.717) is 5.69 Å². The number of fused-ring (bicyclic) bond motifs is 1. The van der Waals surface area contributed by atoms with Crippen molar-refractivity contribution in [2.24, 2.45) is 0 Å². The van der Waals surface area contributed by atoms with Crippen LogP contribution in [0.2, 0.25) is 0 Å². The van der Waals surface area contributed by atoms with E-state index in [1.54, 1.807) is 24.5 Å². The van der Waals surface area contributed by atoms with Crippen LogP contribution in [0.5, 0.6) is 0 Å². The molecule has 0 amide bonds. The van der Waals surface area contributed by atoms with Crippen LogP contribution < -0.4 is 4.72 Å². The zero-order chi connectivity index (χ0) is 18.1. The molecule has 7 heteroatoms. The smallest absolute Gasteiger partial charge is 0.261 e. The number of hydrogen-bond donors (Lipinski definition) is 1.